The van der Waals surface area contributed by atoms with Crippen LogP contribution in [0.5, 0.6) is 0 Å². The van der Waals surface area contributed by atoms with Crippen LogP contribution in [-0.4, -0.2) is 29.4 Å². The summed E-state index contributed by atoms with van der Waals surface area (Å²) in [5, 5.41) is 14.7. The van der Waals surface area contributed by atoms with E-state index in [1.807, 2.05) is 13.0 Å². The molecule has 0 radical (unpaired) electrons. The summed E-state index contributed by atoms with van der Waals surface area (Å²) < 4.78 is 0. The average molecular weight is 340 g/mol. The fourth-order valence-electron chi connectivity index (χ4n) is 1.97. The van der Waals surface area contributed by atoms with Gasteiger partial charge in [-0.2, -0.15) is 0 Å². The molecule has 23 heavy (non-hydrogen) atoms. The standard InChI is InChI=1S/C16H24N2O4S/c1-3-11-10-12(16(23-11)18-13(19)4-2)15(22)17-9-7-5-6-8-14(20)21/h10H,3-9H2,1-2H3,(H,17,22)(H,18,19)(H,20,21). The van der Waals surface area contributed by atoms with Crippen molar-refractivity contribution in [1.82, 2.24) is 5.32 Å². The second kappa shape index (κ2) is 9.99. The van der Waals surface area contributed by atoms with Crippen LogP contribution < -0.4 is 10.6 Å². The third kappa shape index (κ3) is 6.81. The molecule has 0 bridgehead atoms. The van der Waals surface area contributed by atoms with Gasteiger partial charge in [0.05, 0.1) is 5.56 Å². The number of anilines is 1. The molecule has 0 aliphatic rings. The Labute approximate surface area is 140 Å². The van der Waals surface area contributed by atoms with E-state index >= 15 is 0 Å². The zero-order valence-electron chi connectivity index (χ0n) is 13.6. The van der Waals surface area contributed by atoms with Crippen LogP contribution in [0.3, 0.4) is 0 Å². The van der Waals surface area contributed by atoms with Crippen molar-refractivity contribution in [2.24, 2.45) is 0 Å². The molecule has 0 fully saturated rings. The molecule has 128 valence electrons. The Bertz CT molecular complexity index is 554. The second-order valence-corrected chi connectivity index (χ2v) is 6.31. The van der Waals surface area contributed by atoms with E-state index in [0.29, 0.717) is 30.0 Å². The topological polar surface area (TPSA) is 95.5 Å². The monoisotopic (exact) mass is 340 g/mol. The van der Waals surface area contributed by atoms with Gasteiger partial charge in [-0.25, -0.2) is 0 Å². The van der Waals surface area contributed by atoms with Gasteiger partial charge in [-0.05, 0) is 25.3 Å². The Morgan fingerprint density at radius 3 is 2.52 bits per heavy atom. The third-order valence-corrected chi connectivity index (χ3v) is 4.50. The molecule has 1 heterocycles. The predicted octanol–water partition coefficient (Wildman–Crippen LogP) is 3.03. The normalized spacial score (nSPS) is 10.3. The number of hydrogen-bond acceptors (Lipinski definition) is 4. The van der Waals surface area contributed by atoms with Crippen molar-refractivity contribution in [2.75, 3.05) is 11.9 Å². The quantitative estimate of drug-likeness (QED) is 0.570. The maximum atomic E-state index is 12.3. The van der Waals surface area contributed by atoms with Gasteiger partial charge in [0, 0.05) is 24.3 Å². The fraction of sp³-hybridized carbons (Fsp3) is 0.562. The van der Waals surface area contributed by atoms with Crippen LogP contribution in [0.2, 0.25) is 0 Å². The molecule has 0 atom stereocenters. The minimum Gasteiger partial charge on any atom is -0.481 e. The number of carboxylic acids is 1. The lowest BCUT2D eigenvalue weighted by molar-refractivity contribution is -0.137. The van der Waals surface area contributed by atoms with Crippen molar-refractivity contribution in [3.63, 3.8) is 0 Å². The molecule has 2 amide bonds. The molecule has 0 saturated carbocycles. The third-order valence-electron chi connectivity index (χ3n) is 3.30. The summed E-state index contributed by atoms with van der Waals surface area (Å²) in [7, 11) is 0. The van der Waals surface area contributed by atoms with Gasteiger partial charge in [0.25, 0.3) is 5.91 Å². The van der Waals surface area contributed by atoms with Crippen LogP contribution in [0.4, 0.5) is 5.00 Å². The molecule has 0 spiro atoms. The number of carboxylic acid groups (broad SMARTS) is 1. The van der Waals surface area contributed by atoms with Crippen LogP contribution in [0.25, 0.3) is 0 Å². The zero-order chi connectivity index (χ0) is 17.2. The van der Waals surface area contributed by atoms with Gasteiger partial charge in [-0.3, -0.25) is 14.4 Å². The Kier molecular flexibility index (Phi) is 8.32. The number of hydrogen-bond donors (Lipinski definition) is 3. The van der Waals surface area contributed by atoms with Crippen molar-refractivity contribution in [3.05, 3.63) is 16.5 Å². The molecule has 3 N–H and O–H groups in total. The molecule has 0 aliphatic heterocycles. The lowest BCUT2D eigenvalue weighted by Gasteiger charge is -2.06. The van der Waals surface area contributed by atoms with Gasteiger partial charge in [-0.15, -0.1) is 11.3 Å². The maximum absolute atomic E-state index is 12.3. The molecule has 1 aromatic rings. The Morgan fingerprint density at radius 1 is 1.17 bits per heavy atom. The summed E-state index contributed by atoms with van der Waals surface area (Å²) in [5.41, 5.74) is 0.499. The lowest BCUT2D eigenvalue weighted by atomic mass is 10.2. The van der Waals surface area contributed by atoms with E-state index in [1.165, 1.54) is 11.3 Å². The Balaban J connectivity index is 2.52. The molecule has 1 aromatic heterocycles. The maximum Gasteiger partial charge on any atom is 0.303 e. The van der Waals surface area contributed by atoms with Gasteiger partial charge < -0.3 is 15.7 Å². The molecule has 7 heteroatoms. The minimum absolute atomic E-state index is 0.114. The molecular formula is C16H24N2O4S. The first-order valence-electron chi connectivity index (χ1n) is 7.90. The van der Waals surface area contributed by atoms with E-state index in [4.69, 9.17) is 5.11 Å². The molecule has 1 rings (SSSR count). The highest BCUT2D eigenvalue weighted by molar-refractivity contribution is 7.16. The lowest BCUT2D eigenvalue weighted by Crippen LogP contribution is -2.25. The number of aliphatic carboxylic acids is 1. The van der Waals surface area contributed by atoms with Gasteiger partial charge in [0.2, 0.25) is 5.91 Å². The van der Waals surface area contributed by atoms with E-state index in [-0.39, 0.29) is 18.2 Å². The van der Waals surface area contributed by atoms with Crippen LogP contribution in [0.1, 0.15) is 61.2 Å². The first-order chi connectivity index (χ1) is 11.0. The highest BCUT2D eigenvalue weighted by atomic mass is 32.1. The SMILES string of the molecule is CCC(=O)Nc1sc(CC)cc1C(=O)NCCCCCC(=O)O. The minimum atomic E-state index is -0.796. The first kappa shape index (κ1) is 19.2. The van der Waals surface area contributed by atoms with Gasteiger partial charge >= 0.3 is 5.97 Å². The van der Waals surface area contributed by atoms with E-state index < -0.39 is 5.97 Å². The van der Waals surface area contributed by atoms with Crippen molar-refractivity contribution < 1.29 is 19.5 Å². The molecule has 0 aromatic carbocycles. The molecule has 6 nitrogen and oxygen atoms in total. The summed E-state index contributed by atoms with van der Waals surface area (Å²) in [5.74, 6) is -1.11. The van der Waals surface area contributed by atoms with Crippen LogP contribution in [0, 0.1) is 0 Å². The van der Waals surface area contributed by atoms with E-state index in [0.717, 1.165) is 24.1 Å². The number of thiophene rings is 1. The molecule has 0 saturated heterocycles. The number of aryl methyl sites for hydroxylation is 1. The van der Waals surface area contributed by atoms with Crippen LogP contribution in [-0.2, 0) is 16.0 Å². The van der Waals surface area contributed by atoms with E-state index in [2.05, 4.69) is 10.6 Å². The van der Waals surface area contributed by atoms with Gasteiger partial charge in [-0.1, -0.05) is 20.3 Å². The fourth-order valence-corrected chi connectivity index (χ4v) is 2.98. The number of carbonyl (C=O) groups excluding carboxylic acids is 2. The summed E-state index contributed by atoms with van der Waals surface area (Å²) >= 11 is 1.42. The molecular weight excluding hydrogens is 316 g/mol. The van der Waals surface area contributed by atoms with E-state index in [1.54, 1.807) is 6.92 Å². The van der Waals surface area contributed by atoms with Crippen LogP contribution >= 0.6 is 11.3 Å². The zero-order valence-corrected chi connectivity index (χ0v) is 14.4. The van der Waals surface area contributed by atoms with Crippen LogP contribution in [0.15, 0.2) is 6.07 Å². The number of amides is 2. The molecule has 0 unspecified atom stereocenters. The smallest absolute Gasteiger partial charge is 0.303 e. The van der Waals surface area contributed by atoms with Gasteiger partial charge in [0.15, 0.2) is 0 Å². The number of unbranched alkanes of at least 4 members (excludes halogenated alkanes) is 2. The summed E-state index contributed by atoms with van der Waals surface area (Å²) in [6.45, 7) is 4.26. The van der Waals surface area contributed by atoms with Gasteiger partial charge in [0.1, 0.15) is 5.00 Å². The number of rotatable bonds is 10. The molecule has 0 aliphatic carbocycles. The summed E-state index contributed by atoms with van der Waals surface area (Å²) in [6, 6.07) is 1.82. The number of nitrogens with one attached hydrogen (secondary N) is 2. The summed E-state index contributed by atoms with van der Waals surface area (Å²) in [4.78, 5) is 35.3. The highest BCUT2D eigenvalue weighted by Crippen LogP contribution is 2.28. The highest BCUT2D eigenvalue weighted by Gasteiger charge is 2.16. The van der Waals surface area contributed by atoms with Crippen molar-refractivity contribution in [3.8, 4) is 0 Å². The average Bonchev–Trinajstić information content (AvgIpc) is 2.93. The summed E-state index contributed by atoms with van der Waals surface area (Å²) in [6.07, 6.45) is 3.44. The first-order valence-corrected chi connectivity index (χ1v) is 8.72. The van der Waals surface area contributed by atoms with E-state index in [9.17, 15) is 14.4 Å². The second-order valence-electron chi connectivity index (χ2n) is 5.17. The Morgan fingerprint density at radius 2 is 1.91 bits per heavy atom. The van der Waals surface area contributed by atoms with Crippen molar-refractivity contribution in [2.45, 2.75) is 52.4 Å². The number of carbonyl (C=O) groups is 3. The predicted molar refractivity (Wildman–Crippen MR) is 91.1 cm³/mol. The van der Waals surface area contributed by atoms with Crippen molar-refractivity contribution in [1.29, 1.82) is 0 Å². The largest absolute Gasteiger partial charge is 0.481 e. The Hall–Kier alpha value is -1.89. The van der Waals surface area contributed by atoms with Crippen molar-refractivity contribution >= 4 is 34.1 Å².